The number of hydrogen-bond donors (Lipinski definition) is 5. The Bertz CT molecular complexity index is 835. The fourth-order valence-electron chi connectivity index (χ4n) is 2.13. The molecule has 0 saturated carbocycles. The summed E-state index contributed by atoms with van der Waals surface area (Å²) in [5.41, 5.74) is 6.78. The first kappa shape index (κ1) is 21.6. The van der Waals surface area contributed by atoms with Gasteiger partial charge in [-0.25, -0.2) is 0 Å². The average Bonchev–Trinajstić information content (AvgIpc) is 2.58. The van der Waals surface area contributed by atoms with Crippen LogP contribution in [0, 0.1) is 5.41 Å². The van der Waals surface area contributed by atoms with Crippen molar-refractivity contribution in [1.82, 2.24) is 5.32 Å². The first-order valence-corrected chi connectivity index (χ1v) is 8.99. The van der Waals surface area contributed by atoms with E-state index in [1.807, 2.05) is 18.2 Å². The summed E-state index contributed by atoms with van der Waals surface area (Å²) in [6.45, 7) is 0. The molecule has 7 nitrogen and oxygen atoms in total. The first-order valence-electron chi connectivity index (χ1n) is 7.30. The zero-order valence-corrected chi connectivity index (χ0v) is 15.3. The Balaban J connectivity index is 0.00000338. The summed E-state index contributed by atoms with van der Waals surface area (Å²) < 4.78 is 11.7. The lowest BCUT2D eigenvalue weighted by molar-refractivity contribution is -0.116. The molecule has 26 heavy (non-hydrogen) atoms. The number of hydrogen-bond acceptors (Lipinski definition) is 3. The van der Waals surface area contributed by atoms with Gasteiger partial charge in [-0.3, -0.25) is 14.8 Å². The second-order valence-corrected chi connectivity index (χ2v) is 6.97. The van der Waals surface area contributed by atoms with Crippen molar-refractivity contribution in [2.45, 2.75) is 5.78 Å². The van der Waals surface area contributed by atoms with Crippen molar-refractivity contribution < 1.29 is 19.1 Å². The highest BCUT2D eigenvalue weighted by molar-refractivity contribution is 7.52. The average molecular weight is 396 g/mol. The highest BCUT2D eigenvalue weighted by atomic mass is 35.5. The fraction of sp³-hybridized carbons (Fsp3) is 0.0588. The maximum absolute atomic E-state index is 12.0. The molecule has 1 unspecified atom stereocenters. The second kappa shape index (κ2) is 9.31. The number of rotatable bonds is 6. The van der Waals surface area contributed by atoms with E-state index in [0.29, 0.717) is 5.56 Å². The summed E-state index contributed by atoms with van der Waals surface area (Å²) in [5, 5.41) is 9.65. The van der Waals surface area contributed by atoms with Crippen LogP contribution in [-0.4, -0.2) is 21.5 Å². The van der Waals surface area contributed by atoms with Crippen molar-refractivity contribution in [3.8, 4) is 0 Å². The number of nitrogens with two attached hydrogens (primary N) is 1. The number of nitrogens with one attached hydrogen (secondary N) is 2. The van der Waals surface area contributed by atoms with E-state index in [1.54, 1.807) is 18.2 Å². The van der Waals surface area contributed by atoms with Crippen LogP contribution in [0.4, 0.5) is 0 Å². The molecule has 0 bridgehead atoms. The van der Waals surface area contributed by atoms with Gasteiger partial charge in [0.05, 0.1) is 0 Å². The number of carbonyl (C=O) groups excluding carboxylic acids is 1. The minimum Gasteiger partial charge on any atom is -0.384 e. The number of benzene rings is 2. The molecule has 138 valence electrons. The van der Waals surface area contributed by atoms with Gasteiger partial charge in [-0.2, -0.15) is 0 Å². The Kier molecular flexibility index (Phi) is 7.74. The Morgan fingerprint density at radius 3 is 2.19 bits per heavy atom. The molecule has 6 N–H and O–H groups in total. The van der Waals surface area contributed by atoms with Crippen molar-refractivity contribution >= 4 is 37.8 Å². The molecule has 0 aliphatic carbocycles. The van der Waals surface area contributed by atoms with Crippen molar-refractivity contribution in [3.63, 3.8) is 0 Å². The van der Waals surface area contributed by atoms with Crippen LogP contribution in [0.2, 0.25) is 0 Å². The molecule has 0 aromatic heterocycles. The van der Waals surface area contributed by atoms with E-state index in [9.17, 15) is 19.1 Å². The minimum absolute atomic E-state index is 0. The molecule has 0 fully saturated rings. The van der Waals surface area contributed by atoms with Gasteiger partial charge < -0.3 is 20.8 Å². The summed E-state index contributed by atoms with van der Waals surface area (Å²) >= 11 is 0. The van der Waals surface area contributed by atoms with Crippen molar-refractivity contribution in [3.05, 3.63) is 77.4 Å². The Hall–Kier alpha value is -2.44. The summed E-state index contributed by atoms with van der Waals surface area (Å²) in [6.07, 6.45) is 2.76. The fourth-order valence-corrected chi connectivity index (χ4v) is 2.98. The molecule has 0 aliphatic heterocycles. The second-order valence-electron chi connectivity index (χ2n) is 5.28. The van der Waals surface area contributed by atoms with E-state index in [4.69, 9.17) is 11.1 Å². The molecule has 1 atom stereocenters. The molecule has 2 rings (SSSR count). The Morgan fingerprint density at radius 2 is 1.69 bits per heavy atom. The summed E-state index contributed by atoms with van der Waals surface area (Å²) in [4.78, 5) is 31.1. The third-order valence-corrected chi connectivity index (χ3v) is 4.48. The molecule has 9 heteroatoms. The predicted octanol–water partition coefficient (Wildman–Crippen LogP) is 2.40. The topological polar surface area (TPSA) is 136 Å². The lowest BCUT2D eigenvalue weighted by atomic mass is 10.1. The molecule has 1 amide bonds. The standard InChI is InChI=1S/C17H18N3O4P.ClH/c18-16(19)13-7-9-14(10-8-13)17(25(22,23)24)20-15(21)11-6-12-4-2-1-3-5-12;/h1-11,17H,(H3,18,19)(H,20,21)(H2,22,23,24);1H/b11-6+;. The number of amidine groups is 1. The van der Waals surface area contributed by atoms with Crippen LogP contribution in [0.25, 0.3) is 6.08 Å². The highest BCUT2D eigenvalue weighted by Crippen LogP contribution is 2.49. The predicted molar refractivity (Wildman–Crippen MR) is 103 cm³/mol. The maximum Gasteiger partial charge on any atom is 0.352 e. The molecule has 0 spiro atoms. The van der Waals surface area contributed by atoms with Gasteiger partial charge in [0, 0.05) is 11.6 Å². The molecule has 0 saturated heterocycles. The van der Waals surface area contributed by atoms with Crippen molar-refractivity contribution in [2.24, 2.45) is 5.73 Å². The van der Waals surface area contributed by atoms with Crippen LogP contribution < -0.4 is 11.1 Å². The lowest BCUT2D eigenvalue weighted by Crippen LogP contribution is -2.27. The van der Waals surface area contributed by atoms with E-state index in [2.05, 4.69) is 5.32 Å². The van der Waals surface area contributed by atoms with E-state index in [-0.39, 0.29) is 23.8 Å². The molecule has 0 heterocycles. The minimum atomic E-state index is -4.64. The number of carbonyl (C=O) groups is 1. The molecule has 0 radical (unpaired) electrons. The van der Waals surface area contributed by atoms with E-state index >= 15 is 0 Å². The summed E-state index contributed by atoms with van der Waals surface area (Å²) in [5.74, 6) is -2.27. The molecular formula is C17H19ClN3O4P. The van der Waals surface area contributed by atoms with Gasteiger partial charge in [0.25, 0.3) is 0 Å². The van der Waals surface area contributed by atoms with Crippen LogP contribution in [-0.2, 0) is 9.36 Å². The number of nitrogen functional groups attached to an aromatic ring is 1. The third kappa shape index (κ3) is 6.13. The molecule has 2 aromatic rings. The normalized spacial score (nSPS) is 12.2. The molecule has 0 aliphatic rings. The SMILES string of the molecule is Cl.N=C(N)c1ccc(C(NC(=O)/C=C/c2ccccc2)P(=O)(O)O)cc1. The summed E-state index contributed by atoms with van der Waals surface area (Å²) in [7, 11) is -4.64. The lowest BCUT2D eigenvalue weighted by Gasteiger charge is -2.19. The van der Waals surface area contributed by atoms with Crippen LogP contribution in [0.5, 0.6) is 0 Å². The number of halogens is 1. The van der Waals surface area contributed by atoms with Gasteiger partial charge in [0.1, 0.15) is 5.84 Å². The van der Waals surface area contributed by atoms with Gasteiger partial charge >= 0.3 is 7.60 Å². The zero-order chi connectivity index (χ0) is 18.4. The Labute approximate surface area is 157 Å². The van der Waals surface area contributed by atoms with E-state index in [0.717, 1.165) is 5.56 Å². The van der Waals surface area contributed by atoms with Crippen molar-refractivity contribution in [1.29, 1.82) is 5.41 Å². The largest absolute Gasteiger partial charge is 0.384 e. The van der Waals surface area contributed by atoms with Gasteiger partial charge in [-0.05, 0) is 17.2 Å². The molecule has 2 aromatic carbocycles. The van der Waals surface area contributed by atoms with Crippen LogP contribution in [0.1, 0.15) is 22.5 Å². The van der Waals surface area contributed by atoms with Crippen LogP contribution in [0.15, 0.2) is 60.7 Å². The van der Waals surface area contributed by atoms with Crippen LogP contribution >= 0.6 is 20.0 Å². The van der Waals surface area contributed by atoms with Crippen LogP contribution in [0.3, 0.4) is 0 Å². The third-order valence-electron chi connectivity index (χ3n) is 3.38. The molecular weight excluding hydrogens is 377 g/mol. The monoisotopic (exact) mass is 395 g/mol. The quantitative estimate of drug-likeness (QED) is 0.221. The van der Waals surface area contributed by atoms with Gasteiger partial charge in [0.15, 0.2) is 5.78 Å². The first-order chi connectivity index (χ1) is 11.8. The summed E-state index contributed by atoms with van der Waals surface area (Å²) in [6, 6.07) is 14.8. The smallest absolute Gasteiger partial charge is 0.352 e. The Morgan fingerprint density at radius 1 is 1.12 bits per heavy atom. The zero-order valence-electron chi connectivity index (χ0n) is 13.6. The highest BCUT2D eigenvalue weighted by Gasteiger charge is 2.31. The van der Waals surface area contributed by atoms with E-state index in [1.165, 1.54) is 30.3 Å². The maximum atomic E-state index is 12.0. The van der Waals surface area contributed by atoms with Crippen molar-refractivity contribution in [2.75, 3.05) is 0 Å². The van der Waals surface area contributed by atoms with E-state index < -0.39 is 19.3 Å². The van der Waals surface area contributed by atoms with Gasteiger partial charge in [-0.1, -0.05) is 54.6 Å². The van der Waals surface area contributed by atoms with Gasteiger partial charge in [0.2, 0.25) is 5.91 Å². The van der Waals surface area contributed by atoms with Gasteiger partial charge in [-0.15, -0.1) is 12.4 Å². The number of amides is 1.